The Morgan fingerprint density at radius 2 is 2.12 bits per heavy atom. The van der Waals surface area contributed by atoms with Crippen LogP contribution in [0, 0.1) is 11.7 Å². The van der Waals surface area contributed by atoms with Gasteiger partial charge in [0, 0.05) is 18.1 Å². The number of nitrogens with zero attached hydrogens (tertiary/aromatic N) is 2. The van der Waals surface area contributed by atoms with Crippen LogP contribution in [0.4, 0.5) is 4.39 Å². The molecule has 1 N–H and O–H groups in total. The highest BCUT2D eigenvalue weighted by Gasteiger charge is 2.32. The van der Waals surface area contributed by atoms with E-state index in [4.69, 9.17) is 9.26 Å². The number of benzene rings is 1. The molecule has 2 heterocycles. The van der Waals surface area contributed by atoms with Crippen molar-refractivity contribution in [3.63, 3.8) is 0 Å². The lowest BCUT2D eigenvalue weighted by molar-refractivity contribution is -0.135. The molecule has 0 bridgehead atoms. The number of aromatic nitrogens is 2. The Bertz CT molecular complexity index is 712. The molecule has 1 aliphatic heterocycles. The Morgan fingerprint density at radius 3 is 2.83 bits per heavy atom. The molecule has 1 aromatic heterocycles. The third kappa shape index (κ3) is 3.97. The van der Waals surface area contributed by atoms with Crippen molar-refractivity contribution in [1.29, 1.82) is 0 Å². The van der Waals surface area contributed by atoms with Crippen molar-refractivity contribution in [3.8, 4) is 11.4 Å². The van der Waals surface area contributed by atoms with E-state index in [-0.39, 0.29) is 29.8 Å². The summed E-state index contributed by atoms with van der Waals surface area (Å²) in [6, 6.07) is 5.82. The smallest absolute Gasteiger partial charge is 0.246 e. The van der Waals surface area contributed by atoms with Crippen LogP contribution in [-0.4, -0.2) is 28.3 Å². The molecule has 7 heteroatoms. The predicted octanol–water partition coefficient (Wildman–Crippen LogP) is 2.70. The molecular weight excluding hydrogens is 313 g/mol. The van der Waals surface area contributed by atoms with Crippen LogP contribution in [0.15, 0.2) is 28.8 Å². The first-order chi connectivity index (χ1) is 11.4. The topological polar surface area (TPSA) is 77.3 Å². The number of hydrogen-bond acceptors (Lipinski definition) is 5. The fourth-order valence-electron chi connectivity index (χ4n) is 2.81. The third-order valence-electron chi connectivity index (χ3n) is 4.05. The zero-order valence-electron chi connectivity index (χ0n) is 13.7. The van der Waals surface area contributed by atoms with E-state index in [2.05, 4.69) is 15.5 Å². The number of nitrogens with one attached hydrogen (secondary N) is 1. The van der Waals surface area contributed by atoms with Gasteiger partial charge >= 0.3 is 0 Å². The summed E-state index contributed by atoms with van der Waals surface area (Å²) in [6.07, 6.45) is 1.39. The Hall–Kier alpha value is -2.28. The lowest BCUT2D eigenvalue weighted by Crippen LogP contribution is -2.41. The van der Waals surface area contributed by atoms with Gasteiger partial charge in [-0.05, 0) is 51.0 Å². The highest BCUT2D eigenvalue weighted by Crippen LogP contribution is 2.28. The van der Waals surface area contributed by atoms with Gasteiger partial charge in [-0.3, -0.25) is 4.79 Å². The summed E-state index contributed by atoms with van der Waals surface area (Å²) in [4.78, 5) is 16.5. The molecule has 24 heavy (non-hydrogen) atoms. The zero-order chi connectivity index (χ0) is 17.2. The van der Waals surface area contributed by atoms with Gasteiger partial charge in [-0.25, -0.2) is 4.39 Å². The number of hydrogen-bond donors (Lipinski definition) is 1. The summed E-state index contributed by atoms with van der Waals surface area (Å²) in [7, 11) is 0. The summed E-state index contributed by atoms with van der Waals surface area (Å²) in [5, 5.41) is 6.68. The number of rotatable bonds is 4. The summed E-state index contributed by atoms with van der Waals surface area (Å²) >= 11 is 0. The highest BCUT2D eigenvalue weighted by molar-refractivity contribution is 5.78. The summed E-state index contributed by atoms with van der Waals surface area (Å²) < 4.78 is 23.7. The van der Waals surface area contributed by atoms with E-state index in [1.165, 1.54) is 12.1 Å². The van der Waals surface area contributed by atoms with Crippen molar-refractivity contribution in [1.82, 2.24) is 15.5 Å². The van der Waals surface area contributed by atoms with Crippen molar-refractivity contribution in [2.45, 2.75) is 38.8 Å². The van der Waals surface area contributed by atoms with Crippen molar-refractivity contribution in [2.24, 2.45) is 5.92 Å². The first-order valence-electron chi connectivity index (χ1n) is 7.93. The second kappa shape index (κ2) is 6.68. The predicted molar refractivity (Wildman–Crippen MR) is 84.3 cm³/mol. The van der Waals surface area contributed by atoms with E-state index in [0.717, 1.165) is 0 Å². The summed E-state index contributed by atoms with van der Waals surface area (Å²) in [5.41, 5.74) is 0.379. The Balaban J connectivity index is 1.57. The minimum absolute atomic E-state index is 0.0343. The quantitative estimate of drug-likeness (QED) is 0.931. The number of ether oxygens (including phenoxy) is 1. The molecule has 1 fully saturated rings. The average Bonchev–Trinajstić information content (AvgIpc) is 3.01. The first-order valence-corrected chi connectivity index (χ1v) is 7.93. The lowest BCUT2D eigenvalue weighted by Gasteiger charge is -2.34. The van der Waals surface area contributed by atoms with Gasteiger partial charge in [0.15, 0.2) is 0 Å². The van der Waals surface area contributed by atoms with Crippen LogP contribution < -0.4 is 5.32 Å². The van der Waals surface area contributed by atoms with Crippen LogP contribution >= 0.6 is 0 Å². The summed E-state index contributed by atoms with van der Waals surface area (Å²) in [6.45, 7) is 4.73. The van der Waals surface area contributed by atoms with Crippen molar-refractivity contribution in [3.05, 3.63) is 36.0 Å². The van der Waals surface area contributed by atoms with Crippen molar-refractivity contribution >= 4 is 5.91 Å². The van der Waals surface area contributed by atoms with Gasteiger partial charge in [0.05, 0.1) is 12.1 Å². The Labute approximate surface area is 139 Å². The molecule has 6 nitrogen and oxygen atoms in total. The second-order valence-corrected chi connectivity index (χ2v) is 6.53. The van der Waals surface area contributed by atoms with Crippen LogP contribution in [0.2, 0.25) is 0 Å². The molecule has 0 radical (unpaired) electrons. The van der Waals surface area contributed by atoms with Crippen LogP contribution in [0.3, 0.4) is 0 Å². The molecule has 1 aliphatic rings. The van der Waals surface area contributed by atoms with Gasteiger partial charge in [-0.1, -0.05) is 5.16 Å². The minimum Gasteiger partial charge on any atom is -0.376 e. The molecule has 1 unspecified atom stereocenters. The fraction of sp³-hybridized carbons (Fsp3) is 0.471. The van der Waals surface area contributed by atoms with Crippen molar-refractivity contribution in [2.75, 3.05) is 6.61 Å². The maximum Gasteiger partial charge on any atom is 0.246 e. The van der Waals surface area contributed by atoms with Gasteiger partial charge in [0.25, 0.3) is 0 Å². The Kier molecular flexibility index (Phi) is 4.62. The standard InChI is InChI=1S/C17H20FN3O3/c1-17(2)9-12(7-8-23-17)16(22)19-10-14-20-15(21-24-14)11-3-5-13(18)6-4-11/h3-6,12H,7-10H2,1-2H3,(H,19,22). The highest BCUT2D eigenvalue weighted by atomic mass is 19.1. The van der Waals surface area contributed by atoms with Crippen LogP contribution in [0.25, 0.3) is 11.4 Å². The molecule has 2 aromatic rings. The summed E-state index contributed by atoms with van der Waals surface area (Å²) in [5.74, 6) is 0.246. The van der Waals surface area contributed by atoms with Gasteiger partial charge in [0.2, 0.25) is 17.6 Å². The van der Waals surface area contributed by atoms with Gasteiger partial charge < -0.3 is 14.6 Å². The van der Waals surface area contributed by atoms with E-state index in [1.807, 2.05) is 13.8 Å². The average molecular weight is 333 g/mol. The second-order valence-electron chi connectivity index (χ2n) is 6.53. The number of amides is 1. The van der Waals surface area contributed by atoms with E-state index in [9.17, 15) is 9.18 Å². The normalized spacial score (nSPS) is 19.9. The molecule has 1 amide bonds. The van der Waals surface area contributed by atoms with Crippen LogP contribution in [0.1, 0.15) is 32.6 Å². The van der Waals surface area contributed by atoms with Crippen LogP contribution in [0.5, 0.6) is 0 Å². The molecular formula is C17H20FN3O3. The number of halogens is 1. The monoisotopic (exact) mass is 333 g/mol. The van der Waals surface area contributed by atoms with E-state index in [0.29, 0.717) is 36.7 Å². The van der Waals surface area contributed by atoms with Crippen molar-refractivity contribution < 1.29 is 18.4 Å². The van der Waals surface area contributed by atoms with E-state index in [1.54, 1.807) is 12.1 Å². The van der Waals surface area contributed by atoms with E-state index < -0.39 is 0 Å². The molecule has 1 atom stereocenters. The molecule has 0 aliphatic carbocycles. The van der Waals surface area contributed by atoms with Gasteiger partial charge in [-0.2, -0.15) is 4.98 Å². The largest absolute Gasteiger partial charge is 0.376 e. The molecule has 128 valence electrons. The number of carbonyl (C=O) groups is 1. The number of carbonyl (C=O) groups excluding carboxylic acids is 1. The molecule has 0 saturated carbocycles. The molecule has 0 spiro atoms. The molecule has 3 rings (SSSR count). The van der Waals surface area contributed by atoms with Gasteiger partial charge in [0.1, 0.15) is 5.82 Å². The molecule has 1 saturated heterocycles. The zero-order valence-corrected chi connectivity index (χ0v) is 13.7. The van der Waals surface area contributed by atoms with Crippen LogP contribution in [-0.2, 0) is 16.1 Å². The Morgan fingerprint density at radius 1 is 1.38 bits per heavy atom. The maximum atomic E-state index is 12.9. The first kappa shape index (κ1) is 16.6. The molecule has 1 aromatic carbocycles. The maximum absolute atomic E-state index is 12.9. The van der Waals surface area contributed by atoms with Gasteiger partial charge in [-0.15, -0.1) is 0 Å². The minimum atomic E-state index is -0.325. The van der Waals surface area contributed by atoms with E-state index >= 15 is 0 Å². The SMILES string of the molecule is CC1(C)CC(C(=O)NCc2nc(-c3ccc(F)cc3)no2)CCO1. The lowest BCUT2D eigenvalue weighted by atomic mass is 9.88. The third-order valence-corrected chi connectivity index (χ3v) is 4.05. The fourth-order valence-corrected chi connectivity index (χ4v) is 2.81.